The summed E-state index contributed by atoms with van der Waals surface area (Å²) in [5.41, 5.74) is 1.50. The Kier molecular flexibility index (Phi) is 5.31. The molecule has 1 amide bonds. The van der Waals surface area contributed by atoms with Gasteiger partial charge in [-0.25, -0.2) is 0 Å². The number of ether oxygens (including phenoxy) is 1. The van der Waals surface area contributed by atoms with Crippen molar-refractivity contribution in [3.63, 3.8) is 0 Å². The van der Waals surface area contributed by atoms with Crippen LogP contribution < -0.4 is 10.1 Å². The largest absolute Gasteiger partial charge is 0.483 e. The van der Waals surface area contributed by atoms with Crippen LogP contribution >= 0.6 is 11.6 Å². The van der Waals surface area contributed by atoms with E-state index >= 15 is 0 Å². The third kappa shape index (κ3) is 4.31. The van der Waals surface area contributed by atoms with Crippen LogP contribution in [0.5, 0.6) is 5.75 Å². The summed E-state index contributed by atoms with van der Waals surface area (Å²) in [4.78, 5) is 25.1. The van der Waals surface area contributed by atoms with Crippen LogP contribution in [0.2, 0.25) is 5.02 Å². The normalized spacial score (nSPS) is 10.7. The van der Waals surface area contributed by atoms with E-state index in [0.717, 1.165) is 5.39 Å². The van der Waals surface area contributed by atoms with Gasteiger partial charge in [0.2, 0.25) is 5.78 Å². The first-order valence-corrected chi connectivity index (χ1v) is 9.28. The Bertz CT molecular complexity index is 1150. The minimum absolute atomic E-state index is 0.173. The number of hydrogen-bond donors (Lipinski definition) is 1. The summed E-state index contributed by atoms with van der Waals surface area (Å²) in [5, 5.41) is 3.93. The predicted molar refractivity (Wildman–Crippen MR) is 112 cm³/mol. The lowest BCUT2D eigenvalue weighted by atomic mass is 10.1. The second kappa shape index (κ2) is 8.20. The van der Waals surface area contributed by atoms with Gasteiger partial charge in [-0.3, -0.25) is 9.59 Å². The summed E-state index contributed by atoms with van der Waals surface area (Å²) in [5.74, 6) is -0.287. The standard InChI is InChI=1S/C23H16ClNO4/c24-16-10-11-20(28-14-22(26)25-17-7-2-1-3-8-17)18(13-16)23(27)21-12-15-6-4-5-9-19(15)29-21/h1-13H,14H2,(H,25,26). The molecule has 6 heteroatoms. The van der Waals surface area contributed by atoms with Crippen LogP contribution in [0, 0.1) is 0 Å². The van der Waals surface area contributed by atoms with Crippen LogP contribution in [0.25, 0.3) is 11.0 Å². The molecule has 3 aromatic carbocycles. The van der Waals surface area contributed by atoms with Gasteiger partial charge in [-0.15, -0.1) is 0 Å². The number of halogens is 1. The number of amides is 1. The van der Waals surface area contributed by atoms with Gasteiger partial charge < -0.3 is 14.5 Å². The molecule has 0 fully saturated rings. The Labute approximate surface area is 171 Å². The van der Waals surface area contributed by atoms with E-state index in [9.17, 15) is 9.59 Å². The maximum absolute atomic E-state index is 13.0. The molecule has 0 saturated carbocycles. The molecule has 1 heterocycles. The highest BCUT2D eigenvalue weighted by molar-refractivity contribution is 6.31. The fourth-order valence-corrected chi connectivity index (χ4v) is 3.07. The molecule has 0 saturated heterocycles. The number of fused-ring (bicyclic) bond motifs is 1. The molecule has 0 aliphatic heterocycles. The van der Waals surface area contributed by atoms with Gasteiger partial charge in [-0.1, -0.05) is 48.0 Å². The molecule has 0 bridgehead atoms. The summed E-state index contributed by atoms with van der Waals surface area (Å²) >= 11 is 6.08. The van der Waals surface area contributed by atoms with Gasteiger partial charge in [0.05, 0.1) is 5.56 Å². The highest BCUT2D eigenvalue weighted by Crippen LogP contribution is 2.28. The third-order valence-corrected chi connectivity index (χ3v) is 4.49. The zero-order chi connectivity index (χ0) is 20.2. The number of carbonyl (C=O) groups is 2. The first kappa shape index (κ1) is 18.8. The number of hydrogen-bond acceptors (Lipinski definition) is 4. The molecule has 29 heavy (non-hydrogen) atoms. The van der Waals surface area contributed by atoms with E-state index in [2.05, 4.69) is 5.32 Å². The summed E-state index contributed by atoms with van der Waals surface area (Å²) < 4.78 is 11.3. The van der Waals surface area contributed by atoms with Crippen molar-refractivity contribution in [1.82, 2.24) is 0 Å². The van der Waals surface area contributed by atoms with Crippen molar-refractivity contribution in [2.24, 2.45) is 0 Å². The molecule has 0 aliphatic carbocycles. The molecule has 1 N–H and O–H groups in total. The minimum atomic E-state index is -0.373. The maximum Gasteiger partial charge on any atom is 0.262 e. The van der Waals surface area contributed by atoms with Crippen LogP contribution in [0.1, 0.15) is 16.1 Å². The fourth-order valence-electron chi connectivity index (χ4n) is 2.89. The topological polar surface area (TPSA) is 68.5 Å². The number of anilines is 1. The number of para-hydroxylation sites is 2. The highest BCUT2D eigenvalue weighted by atomic mass is 35.5. The second-order valence-electron chi connectivity index (χ2n) is 6.32. The highest BCUT2D eigenvalue weighted by Gasteiger charge is 2.20. The van der Waals surface area contributed by atoms with Crippen molar-refractivity contribution in [2.45, 2.75) is 0 Å². The lowest BCUT2D eigenvalue weighted by molar-refractivity contribution is -0.118. The van der Waals surface area contributed by atoms with Crippen LogP contribution in [-0.2, 0) is 4.79 Å². The van der Waals surface area contributed by atoms with Crippen molar-refractivity contribution in [1.29, 1.82) is 0 Å². The minimum Gasteiger partial charge on any atom is -0.483 e. The van der Waals surface area contributed by atoms with E-state index < -0.39 is 0 Å². The Balaban J connectivity index is 1.54. The van der Waals surface area contributed by atoms with Crippen molar-refractivity contribution in [2.75, 3.05) is 11.9 Å². The molecule has 144 valence electrons. The Hall–Kier alpha value is -3.57. The second-order valence-corrected chi connectivity index (χ2v) is 6.76. The smallest absolute Gasteiger partial charge is 0.262 e. The van der Waals surface area contributed by atoms with Crippen molar-refractivity contribution in [3.05, 3.63) is 95.2 Å². The average molecular weight is 406 g/mol. The van der Waals surface area contributed by atoms with Crippen LogP contribution in [0.4, 0.5) is 5.69 Å². The van der Waals surface area contributed by atoms with Gasteiger partial charge in [0.1, 0.15) is 11.3 Å². The lowest BCUT2D eigenvalue weighted by Crippen LogP contribution is -2.20. The number of furan rings is 1. The molecular weight excluding hydrogens is 390 g/mol. The molecule has 0 atom stereocenters. The van der Waals surface area contributed by atoms with Crippen molar-refractivity contribution in [3.8, 4) is 5.75 Å². The van der Waals surface area contributed by atoms with E-state index in [-0.39, 0.29) is 35.4 Å². The zero-order valence-electron chi connectivity index (χ0n) is 15.2. The maximum atomic E-state index is 13.0. The van der Waals surface area contributed by atoms with Gasteiger partial charge in [0, 0.05) is 16.1 Å². The first-order valence-electron chi connectivity index (χ1n) is 8.91. The summed E-state index contributed by atoms with van der Waals surface area (Å²) in [6.45, 7) is -0.253. The SMILES string of the molecule is O=C(COc1ccc(Cl)cc1C(=O)c1cc2ccccc2o1)Nc1ccccc1. The van der Waals surface area contributed by atoms with E-state index in [1.807, 2.05) is 36.4 Å². The Morgan fingerprint density at radius 2 is 1.69 bits per heavy atom. The molecule has 0 unspecified atom stereocenters. The Morgan fingerprint density at radius 3 is 2.48 bits per heavy atom. The molecule has 4 aromatic rings. The van der Waals surface area contributed by atoms with E-state index in [1.165, 1.54) is 6.07 Å². The number of nitrogens with one attached hydrogen (secondary N) is 1. The zero-order valence-corrected chi connectivity index (χ0v) is 16.0. The molecule has 0 aliphatic rings. The summed E-state index contributed by atoms with van der Waals surface area (Å²) in [6, 6.07) is 22.7. The van der Waals surface area contributed by atoms with E-state index in [0.29, 0.717) is 16.3 Å². The van der Waals surface area contributed by atoms with Crippen LogP contribution in [-0.4, -0.2) is 18.3 Å². The fraction of sp³-hybridized carbons (Fsp3) is 0.0435. The number of rotatable bonds is 6. The van der Waals surface area contributed by atoms with E-state index in [4.69, 9.17) is 20.8 Å². The molecular formula is C23H16ClNO4. The molecule has 4 rings (SSSR count). The molecule has 0 spiro atoms. The molecule has 5 nitrogen and oxygen atoms in total. The van der Waals surface area contributed by atoms with Crippen molar-refractivity contribution >= 4 is 39.9 Å². The lowest BCUT2D eigenvalue weighted by Gasteiger charge is -2.11. The van der Waals surface area contributed by atoms with Gasteiger partial charge in [-0.2, -0.15) is 0 Å². The van der Waals surface area contributed by atoms with Gasteiger partial charge >= 0.3 is 0 Å². The van der Waals surface area contributed by atoms with Gasteiger partial charge in [0.25, 0.3) is 5.91 Å². The number of carbonyl (C=O) groups excluding carboxylic acids is 2. The number of ketones is 1. The summed E-state index contributed by atoms with van der Waals surface area (Å²) in [7, 11) is 0. The van der Waals surface area contributed by atoms with Gasteiger partial charge in [-0.05, 0) is 42.5 Å². The van der Waals surface area contributed by atoms with Crippen LogP contribution in [0.15, 0.2) is 83.3 Å². The van der Waals surface area contributed by atoms with Crippen LogP contribution in [0.3, 0.4) is 0 Å². The quantitative estimate of drug-likeness (QED) is 0.440. The Morgan fingerprint density at radius 1 is 0.931 bits per heavy atom. The first-order chi connectivity index (χ1) is 14.1. The number of benzene rings is 3. The molecule has 1 aromatic heterocycles. The molecule has 0 radical (unpaired) electrons. The van der Waals surface area contributed by atoms with E-state index in [1.54, 1.807) is 36.4 Å². The summed E-state index contributed by atoms with van der Waals surface area (Å²) in [6.07, 6.45) is 0. The van der Waals surface area contributed by atoms with Gasteiger partial charge in [0.15, 0.2) is 12.4 Å². The monoisotopic (exact) mass is 405 g/mol. The van der Waals surface area contributed by atoms with Crippen molar-refractivity contribution < 1.29 is 18.7 Å². The third-order valence-electron chi connectivity index (χ3n) is 4.25. The average Bonchev–Trinajstić information content (AvgIpc) is 3.17. The predicted octanol–water partition coefficient (Wildman–Crippen LogP) is 5.33.